The number of hydrogen-bond donors (Lipinski definition) is 0. The van der Waals surface area contributed by atoms with E-state index < -0.39 is 0 Å². The minimum absolute atomic E-state index is 0.0696. The van der Waals surface area contributed by atoms with Gasteiger partial charge in [-0.25, -0.2) is 0 Å². The van der Waals surface area contributed by atoms with Crippen LogP contribution in [0.2, 0.25) is 5.02 Å². The molecule has 2 aromatic carbocycles. The maximum atomic E-state index is 6.46. The van der Waals surface area contributed by atoms with Crippen LogP contribution in [-0.4, -0.2) is 32.1 Å². The third-order valence-electron chi connectivity index (χ3n) is 5.77. The van der Waals surface area contributed by atoms with Gasteiger partial charge in [0.25, 0.3) is 0 Å². The third-order valence-corrected chi connectivity index (χ3v) is 6.98. The minimum Gasteiger partial charge on any atom is -0.495 e. The lowest BCUT2D eigenvalue weighted by molar-refractivity contribution is 0.415. The van der Waals surface area contributed by atoms with E-state index in [4.69, 9.17) is 20.8 Å². The second kappa shape index (κ2) is 9.07. The van der Waals surface area contributed by atoms with E-state index in [-0.39, 0.29) is 5.41 Å². The van der Waals surface area contributed by atoms with Crippen LogP contribution < -0.4 is 4.74 Å². The first-order valence-electron chi connectivity index (χ1n) is 11.2. The van der Waals surface area contributed by atoms with Crippen molar-refractivity contribution < 1.29 is 9.15 Å². The van der Waals surface area contributed by atoms with Crippen molar-refractivity contribution in [2.75, 3.05) is 7.11 Å². The van der Waals surface area contributed by atoms with Crippen molar-refractivity contribution in [1.82, 2.24) is 25.0 Å². The largest absolute Gasteiger partial charge is 0.495 e. The lowest BCUT2D eigenvalue weighted by atomic mass is 9.87. The third kappa shape index (κ3) is 4.70. The molecular weight excluding hydrogens is 470 g/mol. The molecule has 7 nitrogen and oxygen atoms in total. The van der Waals surface area contributed by atoms with E-state index in [1.807, 2.05) is 22.8 Å². The molecule has 0 amide bonds. The molecule has 2 aromatic heterocycles. The molecule has 1 aliphatic rings. The number of nitrogens with zero attached hydrogens (tertiary/aromatic N) is 5. The van der Waals surface area contributed by atoms with E-state index in [0.29, 0.717) is 33.5 Å². The molecule has 0 spiro atoms. The average molecular weight is 496 g/mol. The molecule has 9 heteroatoms. The highest BCUT2D eigenvalue weighted by atomic mass is 35.5. The Morgan fingerprint density at radius 1 is 1.06 bits per heavy atom. The first kappa shape index (κ1) is 22.9. The van der Waals surface area contributed by atoms with Crippen LogP contribution in [0.15, 0.2) is 52.0 Å². The Hall–Kier alpha value is -2.84. The van der Waals surface area contributed by atoms with Crippen molar-refractivity contribution in [3.05, 3.63) is 64.8 Å². The number of aromatic nitrogens is 5. The van der Waals surface area contributed by atoms with Crippen molar-refractivity contribution >= 4 is 23.4 Å². The van der Waals surface area contributed by atoms with Gasteiger partial charge in [0.05, 0.1) is 23.6 Å². The van der Waals surface area contributed by atoms with Crippen LogP contribution >= 0.6 is 23.4 Å². The van der Waals surface area contributed by atoms with E-state index in [0.717, 1.165) is 35.8 Å². The number of thioether (sulfide) groups is 1. The highest BCUT2D eigenvalue weighted by Crippen LogP contribution is 2.39. The number of rotatable bonds is 7. The Labute approximate surface area is 207 Å². The van der Waals surface area contributed by atoms with E-state index in [9.17, 15) is 0 Å². The van der Waals surface area contributed by atoms with Gasteiger partial charge in [-0.1, -0.05) is 68.4 Å². The molecule has 1 aliphatic carbocycles. The summed E-state index contributed by atoms with van der Waals surface area (Å²) in [6.07, 6.45) is 2.25. The highest BCUT2D eigenvalue weighted by molar-refractivity contribution is 7.98. The van der Waals surface area contributed by atoms with Crippen LogP contribution in [0.3, 0.4) is 0 Å². The van der Waals surface area contributed by atoms with Gasteiger partial charge in [-0.05, 0) is 42.0 Å². The summed E-state index contributed by atoms with van der Waals surface area (Å²) >= 11 is 7.96. The van der Waals surface area contributed by atoms with E-state index in [2.05, 4.69) is 65.4 Å². The molecule has 0 bridgehead atoms. The van der Waals surface area contributed by atoms with Crippen molar-refractivity contribution in [3.8, 4) is 22.8 Å². The van der Waals surface area contributed by atoms with Gasteiger partial charge in [0, 0.05) is 11.5 Å². The summed E-state index contributed by atoms with van der Waals surface area (Å²) in [5.41, 5.74) is 3.14. The molecule has 5 rings (SSSR count). The average Bonchev–Trinajstić information content (AvgIpc) is 3.40. The summed E-state index contributed by atoms with van der Waals surface area (Å²) < 4.78 is 13.2. The summed E-state index contributed by atoms with van der Waals surface area (Å²) in [7, 11) is 1.60. The quantitative estimate of drug-likeness (QED) is 0.273. The zero-order valence-corrected chi connectivity index (χ0v) is 21.2. The minimum atomic E-state index is 0.0696. The zero-order chi connectivity index (χ0) is 23.9. The lowest BCUT2D eigenvalue weighted by Crippen LogP contribution is -2.10. The predicted octanol–water partition coefficient (Wildman–Crippen LogP) is 6.45. The molecule has 0 saturated heterocycles. The maximum Gasteiger partial charge on any atom is 0.226 e. The molecule has 34 heavy (non-hydrogen) atoms. The predicted molar refractivity (Wildman–Crippen MR) is 133 cm³/mol. The second-order valence-corrected chi connectivity index (χ2v) is 10.7. The summed E-state index contributed by atoms with van der Waals surface area (Å²) in [5, 5.41) is 18.6. The molecule has 0 atom stereocenters. The zero-order valence-electron chi connectivity index (χ0n) is 19.6. The van der Waals surface area contributed by atoms with Gasteiger partial charge < -0.3 is 9.15 Å². The number of halogens is 1. The number of methoxy groups -OCH3 is 1. The van der Waals surface area contributed by atoms with E-state index in [1.165, 1.54) is 17.3 Å². The van der Waals surface area contributed by atoms with E-state index in [1.54, 1.807) is 7.11 Å². The van der Waals surface area contributed by atoms with Crippen LogP contribution in [0.25, 0.3) is 17.1 Å². The van der Waals surface area contributed by atoms with Crippen molar-refractivity contribution in [3.63, 3.8) is 0 Å². The molecule has 0 N–H and O–H groups in total. The van der Waals surface area contributed by atoms with Crippen LogP contribution in [-0.2, 0) is 11.2 Å². The summed E-state index contributed by atoms with van der Waals surface area (Å²) in [6.45, 7) is 6.60. The van der Waals surface area contributed by atoms with Gasteiger partial charge in [0.1, 0.15) is 5.75 Å². The summed E-state index contributed by atoms with van der Waals surface area (Å²) in [6, 6.07) is 14.1. The molecule has 0 unspecified atom stereocenters. The molecule has 0 aliphatic heterocycles. The lowest BCUT2D eigenvalue weighted by Gasteiger charge is -2.19. The van der Waals surface area contributed by atoms with Gasteiger partial charge in [-0.2, -0.15) is 0 Å². The number of benzene rings is 2. The summed E-state index contributed by atoms with van der Waals surface area (Å²) in [5.74, 6) is 3.60. The highest BCUT2D eigenvalue weighted by Gasteiger charge is 2.29. The second-order valence-electron chi connectivity index (χ2n) is 9.38. The Morgan fingerprint density at radius 3 is 2.47 bits per heavy atom. The molecular formula is C25H26ClN5O2S. The normalized spacial score (nSPS) is 13.9. The smallest absolute Gasteiger partial charge is 0.226 e. The van der Waals surface area contributed by atoms with Crippen LogP contribution in [0.5, 0.6) is 5.75 Å². The maximum absolute atomic E-state index is 6.46. The number of hydrogen-bond acceptors (Lipinski definition) is 7. The van der Waals surface area contributed by atoms with Crippen molar-refractivity contribution in [1.29, 1.82) is 0 Å². The van der Waals surface area contributed by atoms with Gasteiger partial charge in [-0.3, -0.25) is 4.57 Å². The molecule has 1 saturated carbocycles. The van der Waals surface area contributed by atoms with Gasteiger partial charge >= 0.3 is 0 Å². The molecule has 4 aromatic rings. The first-order chi connectivity index (χ1) is 16.3. The van der Waals surface area contributed by atoms with E-state index >= 15 is 0 Å². The Balaban J connectivity index is 1.50. The fourth-order valence-corrected chi connectivity index (χ4v) is 4.68. The molecule has 2 heterocycles. The molecule has 1 fully saturated rings. The summed E-state index contributed by atoms with van der Waals surface area (Å²) in [4.78, 5) is 0. The monoisotopic (exact) mass is 495 g/mol. The van der Waals surface area contributed by atoms with Crippen LogP contribution in [0.4, 0.5) is 0 Å². The standard InChI is InChI=1S/C25H26ClN5O2S/c1-25(2,3)17-9-7-15(8-10-17)22-28-30-24(31(22)18-11-12-20(32-4)19(26)13-18)34-14-21-27-29-23(33-21)16-5-6-16/h7-13,16H,5-6,14H2,1-4H3. The van der Waals surface area contributed by atoms with Crippen molar-refractivity contribution in [2.24, 2.45) is 0 Å². The molecule has 0 radical (unpaired) electrons. The fraction of sp³-hybridized carbons (Fsp3) is 0.360. The number of ether oxygens (including phenoxy) is 1. The Morgan fingerprint density at radius 2 is 1.82 bits per heavy atom. The van der Waals surface area contributed by atoms with Gasteiger partial charge in [0.2, 0.25) is 11.8 Å². The SMILES string of the molecule is COc1ccc(-n2c(SCc3nnc(C4CC4)o3)nnc2-c2ccc(C(C)(C)C)cc2)cc1Cl. The van der Waals surface area contributed by atoms with Gasteiger partial charge in [0.15, 0.2) is 11.0 Å². The van der Waals surface area contributed by atoms with Crippen LogP contribution in [0, 0.1) is 0 Å². The fourth-order valence-electron chi connectivity index (χ4n) is 3.64. The Kier molecular flexibility index (Phi) is 6.12. The Bertz CT molecular complexity index is 1310. The van der Waals surface area contributed by atoms with Crippen molar-refractivity contribution in [2.45, 2.75) is 55.9 Å². The van der Waals surface area contributed by atoms with Crippen LogP contribution in [0.1, 0.15) is 56.9 Å². The van der Waals surface area contributed by atoms with Gasteiger partial charge in [-0.15, -0.1) is 20.4 Å². The first-order valence-corrected chi connectivity index (χ1v) is 12.5. The molecule has 176 valence electrons. The topological polar surface area (TPSA) is 78.9 Å².